The normalized spacial score (nSPS) is 46.2. The molecule has 0 aromatic rings. The van der Waals surface area contributed by atoms with Gasteiger partial charge in [0, 0.05) is 24.4 Å². The molecule has 3 atom stereocenters. The lowest BCUT2D eigenvalue weighted by atomic mass is 9.98. The Morgan fingerprint density at radius 1 is 1.40 bits per heavy atom. The number of fused-ring (bicyclic) bond motifs is 2. The van der Waals surface area contributed by atoms with E-state index in [4.69, 9.17) is 0 Å². The van der Waals surface area contributed by atoms with Crippen LogP contribution in [0.2, 0.25) is 0 Å². The van der Waals surface area contributed by atoms with Crippen LogP contribution in [0.1, 0.15) is 39.0 Å². The summed E-state index contributed by atoms with van der Waals surface area (Å²) in [6.45, 7) is 5.00. The summed E-state index contributed by atoms with van der Waals surface area (Å²) in [7, 11) is 0. The smallest absolute Gasteiger partial charge is 0.0817 e. The van der Waals surface area contributed by atoms with Crippen molar-refractivity contribution in [1.29, 1.82) is 0 Å². The van der Waals surface area contributed by atoms with E-state index in [1.807, 2.05) is 0 Å². The molecule has 15 heavy (non-hydrogen) atoms. The van der Waals surface area contributed by atoms with Crippen molar-refractivity contribution in [2.45, 2.75) is 56.0 Å². The number of hydrogen-bond acceptors (Lipinski definition) is 3. The van der Waals surface area contributed by atoms with Gasteiger partial charge in [-0.25, -0.2) is 0 Å². The lowest BCUT2D eigenvalue weighted by molar-refractivity contribution is 0.171. The van der Waals surface area contributed by atoms with Crippen LogP contribution in [0, 0.1) is 0 Å². The standard InChI is InChI=1S/C12H22N2S/c1-2-10-9-15-12(13-10)6-8-14-7-4-3-5-11(12)14/h10-11,13H,2-9H2,1H3. The van der Waals surface area contributed by atoms with Gasteiger partial charge in [-0.3, -0.25) is 10.2 Å². The van der Waals surface area contributed by atoms with Crippen molar-refractivity contribution in [3.8, 4) is 0 Å². The molecule has 3 unspecified atom stereocenters. The van der Waals surface area contributed by atoms with Crippen LogP contribution in [-0.4, -0.2) is 40.7 Å². The van der Waals surface area contributed by atoms with Gasteiger partial charge in [-0.2, -0.15) is 0 Å². The molecule has 0 aliphatic carbocycles. The van der Waals surface area contributed by atoms with Crippen molar-refractivity contribution in [3.05, 3.63) is 0 Å². The Labute approximate surface area is 97.2 Å². The van der Waals surface area contributed by atoms with Crippen LogP contribution in [0.15, 0.2) is 0 Å². The molecule has 2 nitrogen and oxygen atoms in total. The average molecular weight is 226 g/mol. The number of rotatable bonds is 1. The molecule has 0 aromatic heterocycles. The summed E-state index contributed by atoms with van der Waals surface area (Å²) in [5, 5.41) is 3.94. The Bertz CT molecular complexity index is 242. The van der Waals surface area contributed by atoms with Gasteiger partial charge < -0.3 is 0 Å². The molecule has 3 saturated heterocycles. The summed E-state index contributed by atoms with van der Waals surface area (Å²) in [5.41, 5.74) is 0. The van der Waals surface area contributed by atoms with Crippen LogP contribution in [-0.2, 0) is 0 Å². The Balaban J connectivity index is 1.76. The first-order chi connectivity index (χ1) is 7.34. The van der Waals surface area contributed by atoms with Gasteiger partial charge in [-0.15, -0.1) is 11.8 Å². The first kappa shape index (κ1) is 10.4. The largest absolute Gasteiger partial charge is 0.298 e. The van der Waals surface area contributed by atoms with Gasteiger partial charge in [-0.05, 0) is 32.2 Å². The van der Waals surface area contributed by atoms with Crippen molar-refractivity contribution in [3.63, 3.8) is 0 Å². The monoisotopic (exact) mass is 226 g/mol. The Morgan fingerprint density at radius 3 is 3.13 bits per heavy atom. The Morgan fingerprint density at radius 2 is 2.33 bits per heavy atom. The predicted octanol–water partition coefficient (Wildman–Crippen LogP) is 2.06. The highest BCUT2D eigenvalue weighted by Crippen LogP contribution is 2.46. The maximum atomic E-state index is 3.94. The molecule has 1 spiro atoms. The van der Waals surface area contributed by atoms with Crippen LogP contribution in [0.25, 0.3) is 0 Å². The van der Waals surface area contributed by atoms with Crippen LogP contribution < -0.4 is 5.32 Å². The number of nitrogens with one attached hydrogen (secondary N) is 1. The van der Waals surface area contributed by atoms with Crippen LogP contribution >= 0.6 is 11.8 Å². The second-order valence-electron chi connectivity index (χ2n) is 5.25. The van der Waals surface area contributed by atoms with Crippen LogP contribution in [0.4, 0.5) is 0 Å². The van der Waals surface area contributed by atoms with Gasteiger partial charge in [-0.1, -0.05) is 13.3 Å². The van der Waals surface area contributed by atoms with Gasteiger partial charge in [0.2, 0.25) is 0 Å². The third kappa shape index (κ3) is 1.63. The number of thioether (sulfide) groups is 1. The van der Waals surface area contributed by atoms with Gasteiger partial charge in [0.1, 0.15) is 0 Å². The molecule has 86 valence electrons. The third-order valence-electron chi connectivity index (χ3n) is 4.41. The zero-order chi connectivity index (χ0) is 10.3. The number of hydrogen-bond donors (Lipinski definition) is 1. The molecule has 0 saturated carbocycles. The first-order valence-corrected chi connectivity index (χ1v) is 7.48. The number of nitrogens with zero attached hydrogens (tertiary/aromatic N) is 1. The fraction of sp³-hybridized carbons (Fsp3) is 1.00. The molecule has 0 aromatic carbocycles. The minimum absolute atomic E-state index is 0.446. The van der Waals surface area contributed by atoms with Gasteiger partial charge in [0.25, 0.3) is 0 Å². The molecule has 0 amide bonds. The zero-order valence-corrected chi connectivity index (χ0v) is 10.5. The maximum absolute atomic E-state index is 3.94. The van der Waals surface area contributed by atoms with Crippen molar-refractivity contribution < 1.29 is 0 Å². The quantitative estimate of drug-likeness (QED) is 0.737. The van der Waals surface area contributed by atoms with E-state index < -0.39 is 0 Å². The van der Waals surface area contributed by atoms with Gasteiger partial charge in [0.05, 0.1) is 4.87 Å². The summed E-state index contributed by atoms with van der Waals surface area (Å²) in [5.74, 6) is 1.33. The summed E-state index contributed by atoms with van der Waals surface area (Å²) in [6.07, 6.45) is 6.97. The summed E-state index contributed by atoms with van der Waals surface area (Å²) in [6, 6.07) is 1.62. The zero-order valence-electron chi connectivity index (χ0n) is 9.67. The fourth-order valence-electron chi connectivity index (χ4n) is 3.50. The summed E-state index contributed by atoms with van der Waals surface area (Å²) in [4.78, 5) is 3.18. The van der Waals surface area contributed by atoms with Gasteiger partial charge >= 0.3 is 0 Å². The fourth-order valence-corrected chi connectivity index (χ4v) is 5.26. The van der Waals surface area contributed by atoms with Gasteiger partial charge in [0.15, 0.2) is 0 Å². The minimum atomic E-state index is 0.446. The molecular formula is C12H22N2S. The topological polar surface area (TPSA) is 15.3 Å². The molecule has 0 radical (unpaired) electrons. The van der Waals surface area contributed by atoms with Crippen molar-refractivity contribution in [2.24, 2.45) is 0 Å². The lowest BCUT2D eigenvalue weighted by Gasteiger charge is -2.38. The van der Waals surface area contributed by atoms with E-state index in [9.17, 15) is 0 Å². The molecule has 0 bridgehead atoms. The second-order valence-corrected chi connectivity index (χ2v) is 6.60. The summed E-state index contributed by atoms with van der Waals surface area (Å²) < 4.78 is 0. The Hall–Kier alpha value is 0.270. The number of piperidine rings is 1. The highest BCUT2D eigenvalue weighted by molar-refractivity contribution is 8.01. The van der Waals surface area contributed by atoms with E-state index in [1.165, 1.54) is 50.9 Å². The Kier molecular flexibility index (Phi) is 2.74. The first-order valence-electron chi connectivity index (χ1n) is 6.50. The molecule has 3 aliphatic heterocycles. The molecule has 3 heterocycles. The highest BCUT2D eigenvalue weighted by atomic mass is 32.2. The minimum Gasteiger partial charge on any atom is -0.298 e. The van der Waals surface area contributed by atoms with Crippen molar-refractivity contribution in [1.82, 2.24) is 10.2 Å². The third-order valence-corrected chi connectivity index (χ3v) is 6.08. The average Bonchev–Trinajstić information content (AvgIpc) is 2.86. The van der Waals surface area contributed by atoms with E-state index in [0.717, 1.165) is 12.1 Å². The molecule has 3 rings (SSSR count). The lowest BCUT2D eigenvalue weighted by Crippen LogP contribution is -2.52. The second kappa shape index (κ2) is 3.94. The van der Waals surface area contributed by atoms with Crippen molar-refractivity contribution >= 4 is 11.8 Å². The molecule has 1 N–H and O–H groups in total. The SMILES string of the molecule is CCC1CSC2(CCN3CCCCC32)N1. The van der Waals surface area contributed by atoms with Crippen LogP contribution in [0.5, 0.6) is 0 Å². The maximum Gasteiger partial charge on any atom is 0.0817 e. The van der Waals surface area contributed by atoms with E-state index in [1.54, 1.807) is 0 Å². The van der Waals surface area contributed by atoms with Crippen molar-refractivity contribution in [2.75, 3.05) is 18.8 Å². The molecule has 3 fully saturated rings. The summed E-state index contributed by atoms with van der Waals surface area (Å²) >= 11 is 2.22. The molecule has 3 heteroatoms. The van der Waals surface area contributed by atoms with E-state index >= 15 is 0 Å². The van der Waals surface area contributed by atoms with E-state index in [0.29, 0.717) is 4.87 Å². The molecular weight excluding hydrogens is 204 g/mol. The molecule has 3 aliphatic rings. The highest BCUT2D eigenvalue weighted by Gasteiger charge is 2.51. The predicted molar refractivity (Wildman–Crippen MR) is 66.2 cm³/mol. The van der Waals surface area contributed by atoms with E-state index in [-0.39, 0.29) is 0 Å². The van der Waals surface area contributed by atoms with E-state index in [2.05, 4.69) is 28.9 Å². The van der Waals surface area contributed by atoms with Crippen LogP contribution in [0.3, 0.4) is 0 Å².